The summed E-state index contributed by atoms with van der Waals surface area (Å²) in [7, 11) is 0. The molecular formula is C24H29N7O2. The van der Waals surface area contributed by atoms with Gasteiger partial charge in [-0.1, -0.05) is 19.1 Å². The van der Waals surface area contributed by atoms with Crippen molar-refractivity contribution in [3.63, 3.8) is 0 Å². The number of fused-ring (bicyclic) bond motifs is 1. The maximum absolute atomic E-state index is 12.6. The molecule has 3 aromatic rings. The molecule has 9 nitrogen and oxygen atoms in total. The first-order chi connectivity index (χ1) is 16.0. The third kappa shape index (κ3) is 5.36. The number of aromatic nitrogens is 4. The number of rotatable bonds is 9. The van der Waals surface area contributed by atoms with Crippen molar-refractivity contribution in [1.82, 2.24) is 24.4 Å². The Morgan fingerprint density at radius 2 is 1.79 bits per heavy atom. The van der Waals surface area contributed by atoms with Crippen molar-refractivity contribution in [3.05, 3.63) is 54.6 Å². The van der Waals surface area contributed by atoms with E-state index in [1.54, 1.807) is 24.5 Å². The van der Waals surface area contributed by atoms with Crippen molar-refractivity contribution in [2.75, 3.05) is 31.1 Å². The zero-order valence-electron chi connectivity index (χ0n) is 18.7. The molecule has 0 aromatic carbocycles. The van der Waals surface area contributed by atoms with Crippen molar-refractivity contribution in [2.24, 2.45) is 5.73 Å². The molecule has 9 heteroatoms. The summed E-state index contributed by atoms with van der Waals surface area (Å²) in [5, 5.41) is 0.983. The van der Waals surface area contributed by atoms with Gasteiger partial charge in [0.15, 0.2) is 0 Å². The molecule has 1 fully saturated rings. The molecule has 4 rings (SSSR count). The van der Waals surface area contributed by atoms with Crippen LogP contribution in [0.4, 0.5) is 5.95 Å². The summed E-state index contributed by atoms with van der Waals surface area (Å²) in [5.41, 5.74) is 7.27. The van der Waals surface area contributed by atoms with Gasteiger partial charge in [-0.3, -0.25) is 9.59 Å². The Hall–Kier alpha value is -3.75. The molecule has 0 bridgehead atoms. The minimum atomic E-state index is -0.526. The molecular weight excluding hydrogens is 418 g/mol. The number of hydrogen-bond acceptors (Lipinski definition) is 6. The van der Waals surface area contributed by atoms with Gasteiger partial charge in [0, 0.05) is 68.7 Å². The highest BCUT2D eigenvalue weighted by molar-refractivity contribution is 5.93. The zero-order valence-corrected chi connectivity index (χ0v) is 18.7. The highest BCUT2D eigenvalue weighted by Crippen LogP contribution is 2.16. The second kappa shape index (κ2) is 10.2. The van der Waals surface area contributed by atoms with E-state index in [-0.39, 0.29) is 11.6 Å². The minimum absolute atomic E-state index is 0.205. The van der Waals surface area contributed by atoms with E-state index in [9.17, 15) is 9.59 Å². The maximum atomic E-state index is 12.6. The van der Waals surface area contributed by atoms with Crippen molar-refractivity contribution in [1.29, 1.82) is 0 Å². The highest BCUT2D eigenvalue weighted by atomic mass is 16.2. The number of piperazine rings is 1. The Morgan fingerprint density at radius 1 is 1.03 bits per heavy atom. The van der Waals surface area contributed by atoms with Crippen molar-refractivity contribution < 1.29 is 9.59 Å². The predicted octanol–water partition coefficient (Wildman–Crippen LogP) is 2.48. The van der Waals surface area contributed by atoms with E-state index in [0.717, 1.165) is 55.5 Å². The van der Waals surface area contributed by atoms with Gasteiger partial charge in [-0.15, -0.1) is 0 Å². The SMILES string of the molecule is C=Cc1cnc(N2CCN(C(=O)CCCCCn3ccc4ccc(C(N)=O)nc43)CC2)nc1. The minimum Gasteiger partial charge on any atom is -0.364 e. The Balaban J connectivity index is 1.18. The topological polar surface area (TPSA) is 110 Å². The number of primary amides is 1. The van der Waals surface area contributed by atoms with Gasteiger partial charge in [0.1, 0.15) is 11.3 Å². The van der Waals surface area contributed by atoms with Gasteiger partial charge >= 0.3 is 0 Å². The number of anilines is 1. The quantitative estimate of drug-likeness (QED) is 0.505. The van der Waals surface area contributed by atoms with Crippen LogP contribution in [-0.2, 0) is 11.3 Å². The molecule has 1 aliphatic heterocycles. The summed E-state index contributed by atoms with van der Waals surface area (Å²) in [4.78, 5) is 41.2. The fraction of sp³-hybridized carbons (Fsp3) is 0.375. The average Bonchev–Trinajstić information content (AvgIpc) is 3.26. The maximum Gasteiger partial charge on any atom is 0.267 e. The molecule has 4 heterocycles. The standard InChI is InChI=1S/C24H29N7O2/c1-2-18-16-26-24(27-17-18)31-14-12-29(13-15-31)21(32)6-4-3-5-10-30-11-9-19-7-8-20(22(25)33)28-23(19)30/h2,7-9,11,16-17H,1,3-6,10,12-15H2,(H2,25,33). The van der Waals surface area contributed by atoms with E-state index >= 15 is 0 Å². The number of carbonyl (C=O) groups excluding carboxylic acids is 2. The summed E-state index contributed by atoms with van der Waals surface area (Å²) < 4.78 is 2.03. The van der Waals surface area contributed by atoms with Crippen LogP contribution in [0.15, 0.2) is 43.4 Å². The lowest BCUT2D eigenvalue weighted by atomic mass is 10.1. The predicted molar refractivity (Wildman–Crippen MR) is 128 cm³/mol. The van der Waals surface area contributed by atoms with Crippen LogP contribution in [0, 0.1) is 0 Å². The summed E-state index contributed by atoms with van der Waals surface area (Å²) in [6.45, 7) is 7.35. The average molecular weight is 448 g/mol. The number of nitrogens with two attached hydrogens (primary N) is 1. The van der Waals surface area contributed by atoms with Crippen molar-refractivity contribution in [2.45, 2.75) is 32.2 Å². The Kier molecular flexibility index (Phi) is 6.97. The second-order valence-electron chi connectivity index (χ2n) is 8.18. The summed E-state index contributed by atoms with van der Waals surface area (Å²) in [6.07, 6.45) is 10.5. The number of hydrogen-bond donors (Lipinski definition) is 1. The van der Waals surface area contributed by atoms with Gasteiger partial charge in [0.25, 0.3) is 5.91 Å². The number of pyridine rings is 1. The molecule has 0 atom stereocenters. The first-order valence-electron chi connectivity index (χ1n) is 11.3. The lowest BCUT2D eigenvalue weighted by Gasteiger charge is -2.34. The molecule has 1 saturated heterocycles. The van der Waals surface area contributed by atoms with Crippen LogP contribution >= 0.6 is 0 Å². The fourth-order valence-corrected chi connectivity index (χ4v) is 4.03. The van der Waals surface area contributed by atoms with Crippen LogP contribution in [0.2, 0.25) is 0 Å². The molecule has 0 spiro atoms. The number of carbonyl (C=O) groups is 2. The third-order valence-electron chi connectivity index (χ3n) is 5.96. The van der Waals surface area contributed by atoms with Gasteiger partial charge in [0.05, 0.1) is 0 Å². The summed E-state index contributed by atoms with van der Waals surface area (Å²) >= 11 is 0. The van der Waals surface area contributed by atoms with Crippen LogP contribution in [0.25, 0.3) is 17.1 Å². The van der Waals surface area contributed by atoms with Gasteiger partial charge in [-0.25, -0.2) is 15.0 Å². The van der Waals surface area contributed by atoms with Crippen LogP contribution in [0.5, 0.6) is 0 Å². The normalized spacial score (nSPS) is 13.9. The monoisotopic (exact) mass is 447 g/mol. The molecule has 33 heavy (non-hydrogen) atoms. The molecule has 2 amide bonds. The lowest BCUT2D eigenvalue weighted by Crippen LogP contribution is -2.49. The van der Waals surface area contributed by atoms with Crippen molar-refractivity contribution in [3.8, 4) is 0 Å². The molecule has 0 saturated carbocycles. The molecule has 0 unspecified atom stereocenters. The number of aryl methyl sites for hydroxylation is 1. The van der Waals surface area contributed by atoms with Gasteiger partial charge in [-0.2, -0.15) is 0 Å². The Morgan fingerprint density at radius 3 is 2.48 bits per heavy atom. The molecule has 1 aliphatic rings. The smallest absolute Gasteiger partial charge is 0.267 e. The third-order valence-corrected chi connectivity index (χ3v) is 5.96. The molecule has 172 valence electrons. The van der Waals surface area contributed by atoms with Crippen LogP contribution in [0.1, 0.15) is 41.7 Å². The number of nitrogens with zero attached hydrogens (tertiary/aromatic N) is 6. The van der Waals surface area contributed by atoms with Crippen molar-refractivity contribution >= 4 is 34.9 Å². The van der Waals surface area contributed by atoms with E-state index < -0.39 is 5.91 Å². The number of unbranched alkanes of at least 4 members (excludes halogenated alkanes) is 2. The van der Waals surface area contributed by atoms with Gasteiger partial charge in [-0.05, 0) is 31.0 Å². The van der Waals surface area contributed by atoms with Crippen LogP contribution in [0.3, 0.4) is 0 Å². The largest absolute Gasteiger partial charge is 0.364 e. The Labute approximate surface area is 192 Å². The summed E-state index contributed by atoms with van der Waals surface area (Å²) in [6, 6.07) is 5.49. The number of amides is 2. The van der Waals surface area contributed by atoms with Crippen LogP contribution < -0.4 is 10.6 Å². The second-order valence-corrected chi connectivity index (χ2v) is 8.18. The lowest BCUT2D eigenvalue weighted by molar-refractivity contribution is -0.131. The zero-order chi connectivity index (χ0) is 23.2. The Bertz CT molecular complexity index is 1130. The first-order valence-corrected chi connectivity index (χ1v) is 11.3. The van der Waals surface area contributed by atoms with E-state index in [0.29, 0.717) is 25.5 Å². The molecule has 0 radical (unpaired) electrons. The summed E-state index contributed by atoms with van der Waals surface area (Å²) in [5.74, 6) is 0.376. The van der Waals surface area contributed by atoms with Gasteiger partial charge < -0.3 is 20.1 Å². The fourth-order valence-electron chi connectivity index (χ4n) is 4.03. The van der Waals surface area contributed by atoms with Gasteiger partial charge in [0.2, 0.25) is 11.9 Å². The highest BCUT2D eigenvalue weighted by Gasteiger charge is 2.22. The first kappa shape index (κ1) is 22.4. The van der Waals surface area contributed by atoms with E-state index in [1.807, 2.05) is 27.8 Å². The molecule has 3 aromatic heterocycles. The van der Waals surface area contributed by atoms with Crippen LogP contribution in [-0.4, -0.2) is 62.4 Å². The van der Waals surface area contributed by atoms with E-state index in [1.165, 1.54) is 0 Å². The van der Waals surface area contributed by atoms with E-state index in [2.05, 4.69) is 26.4 Å². The van der Waals surface area contributed by atoms with E-state index in [4.69, 9.17) is 5.73 Å². The molecule has 2 N–H and O–H groups in total. The molecule has 0 aliphatic carbocycles.